The molecule has 0 unspecified atom stereocenters. The fraction of sp³-hybridized carbons (Fsp3) is 0.286. The summed E-state index contributed by atoms with van der Waals surface area (Å²) in [7, 11) is 0. The molecule has 2 aromatic carbocycles. The Morgan fingerprint density at radius 1 is 0.957 bits per heavy atom. The van der Waals surface area contributed by atoms with Gasteiger partial charge in [-0.25, -0.2) is 0 Å². The van der Waals surface area contributed by atoms with Crippen molar-refractivity contribution in [3.8, 4) is 11.1 Å². The number of rotatable bonds is 7. The first kappa shape index (κ1) is 17.2. The SMILES string of the molecule is CC=NC(CCOCc1ccc(-c2ccccc2)cc1)=C(C)C. The van der Waals surface area contributed by atoms with Crippen molar-refractivity contribution in [2.75, 3.05) is 6.61 Å². The minimum atomic E-state index is 0.640. The van der Waals surface area contributed by atoms with Crippen LogP contribution >= 0.6 is 0 Å². The molecule has 2 heteroatoms. The Kier molecular flexibility index (Phi) is 6.76. The first-order valence-electron chi connectivity index (χ1n) is 8.08. The van der Waals surface area contributed by atoms with Crippen molar-refractivity contribution in [2.24, 2.45) is 4.99 Å². The van der Waals surface area contributed by atoms with Gasteiger partial charge in [0.2, 0.25) is 0 Å². The van der Waals surface area contributed by atoms with Crippen molar-refractivity contribution in [3.63, 3.8) is 0 Å². The molecule has 0 atom stereocenters. The maximum Gasteiger partial charge on any atom is 0.0717 e. The number of hydrogen-bond donors (Lipinski definition) is 0. The molecule has 0 aliphatic rings. The van der Waals surface area contributed by atoms with Gasteiger partial charge in [-0.15, -0.1) is 0 Å². The van der Waals surface area contributed by atoms with Crippen molar-refractivity contribution in [2.45, 2.75) is 33.8 Å². The summed E-state index contributed by atoms with van der Waals surface area (Å²) in [6.07, 6.45) is 2.69. The standard InChI is InChI=1S/C21H25NO/c1-4-22-21(17(2)3)14-15-23-16-18-10-12-20(13-11-18)19-8-6-5-7-9-19/h4-13H,14-16H2,1-3H3. The molecule has 0 saturated carbocycles. The molecular formula is C21H25NO. The second-order valence-corrected chi connectivity index (χ2v) is 5.70. The largest absolute Gasteiger partial charge is 0.376 e. The second kappa shape index (κ2) is 9.06. The third-order valence-electron chi connectivity index (χ3n) is 3.68. The molecule has 2 aromatic rings. The molecule has 0 bridgehead atoms. The number of hydrogen-bond acceptors (Lipinski definition) is 2. The quantitative estimate of drug-likeness (QED) is 0.479. The lowest BCUT2D eigenvalue weighted by Crippen LogP contribution is -1.97. The monoisotopic (exact) mass is 307 g/mol. The highest BCUT2D eigenvalue weighted by molar-refractivity contribution is 5.63. The number of nitrogens with zero attached hydrogens (tertiary/aromatic N) is 1. The van der Waals surface area contributed by atoms with Crippen LogP contribution in [0.25, 0.3) is 11.1 Å². The molecule has 23 heavy (non-hydrogen) atoms. The Balaban J connectivity index is 1.84. The Labute approximate surface area is 139 Å². The lowest BCUT2D eigenvalue weighted by molar-refractivity contribution is 0.123. The molecule has 0 spiro atoms. The van der Waals surface area contributed by atoms with Gasteiger partial charge in [0, 0.05) is 18.3 Å². The average Bonchev–Trinajstić information content (AvgIpc) is 2.59. The average molecular weight is 307 g/mol. The van der Waals surface area contributed by atoms with Gasteiger partial charge in [0.05, 0.1) is 13.2 Å². The molecule has 0 radical (unpaired) electrons. The fourth-order valence-corrected chi connectivity index (χ4v) is 2.38. The molecule has 0 amide bonds. The van der Waals surface area contributed by atoms with Crippen LogP contribution in [0.15, 0.2) is 70.9 Å². The number of aliphatic imine (C=N–C) groups is 1. The van der Waals surface area contributed by atoms with E-state index in [9.17, 15) is 0 Å². The van der Waals surface area contributed by atoms with Crippen LogP contribution in [0.1, 0.15) is 32.8 Å². The summed E-state index contributed by atoms with van der Waals surface area (Å²) in [6, 6.07) is 19.0. The van der Waals surface area contributed by atoms with Gasteiger partial charge in [-0.1, -0.05) is 60.2 Å². The summed E-state index contributed by atoms with van der Waals surface area (Å²) < 4.78 is 5.78. The van der Waals surface area contributed by atoms with E-state index in [1.165, 1.54) is 22.3 Å². The van der Waals surface area contributed by atoms with Gasteiger partial charge < -0.3 is 4.74 Å². The lowest BCUT2D eigenvalue weighted by atomic mass is 10.0. The topological polar surface area (TPSA) is 21.6 Å². The Hall–Kier alpha value is -2.19. The summed E-state index contributed by atoms with van der Waals surface area (Å²) >= 11 is 0. The van der Waals surface area contributed by atoms with Crippen molar-refractivity contribution in [3.05, 3.63) is 71.4 Å². The molecule has 0 aliphatic heterocycles. The second-order valence-electron chi connectivity index (χ2n) is 5.70. The van der Waals surface area contributed by atoms with Gasteiger partial charge in [0.1, 0.15) is 0 Å². The molecule has 0 aromatic heterocycles. The van der Waals surface area contributed by atoms with Gasteiger partial charge in [-0.2, -0.15) is 0 Å². The van der Waals surface area contributed by atoms with E-state index in [-0.39, 0.29) is 0 Å². The minimum absolute atomic E-state index is 0.640. The number of benzene rings is 2. The third-order valence-corrected chi connectivity index (χ3v) is 3.68. The van der Waals surface area contributed by atoms with Crippen molar-refractivity contribution >= 4 is 6.21 Å². The zero-order valence-corrected chi connectivity index (χ0v) is 14.3. The van der Waals surface area contributed by atoms with Gasteiger partial charge >= 0.3 is 0 Å². The normalized spacial score (nSPS) is 10.9. The Morgan fingerprint density at radius 3 is 2.22 bits per heavy atom. The van der Waals surface area contributed by atoms with E-state index >= 15 is 0 Å². The van der Waals surface area contributed by atoms with E-state index in [4.69, 9.17) is 4.74 Å². The fourth-order valence-electron chi connectivity index (χ4n) is 2.38. The molecule has 0 aliphatic carbocycles. The number of allylic oxidation sites excluding steroid dienone is 1. The Morgan fingerprint density at radius 2 is 1.61 bits per heavy atom. The highest BCUT2D eigenvalue weighted by Gasteiger charge is 2.00. The molecule has 2 nitrogen and oxygen atoms in total. The lowest BCUT2D eigenvalue weighted by Gasteiger charge is -2.07. The summed E-state index contributed by atoms with van der Waals surface area (Å²) in [4.78, 5) is 4.39. The van der Waals surface area contributed by atoms with Crippen molar-refractivity contribution in [1.29, 1.82) is 0 Å². The first-order valence-corrected chi connectivity index (χ1v) is 8.08. The van der Waals surface area contributed by atoms with Crippen LogP contribution in [-0.4, -0.2) is 12.8 Å². The molecule has 0 N–H and O–H groups in total. The van der Waals surface area contributed by atoms with Crippen molar-refractivity contribution in [1.82, 2.24) is 0 Å². The summed E-state index contributed by atoms with van der Waals surface area (Å²) in [6.45, 7) is 7.45. The molecule has 2 rings (SSSR count). The van der Waals surface area contributed by atoms with E-state index in [0.717, 1.165) is 12.1 Å². The van der Waals surface area contributed by atoms with E-state index in [2.05, 4.69) is 67.4 Å². The molecule has 0 heterocycles. The van der Waals surface area contributed by atoms with Crippen LogP contribution in [0.5, 0.6) is 0 Å². The van der Waals surface area contributed by atoms with Gasteiger partial charge in [0.15, 0.2) is 0 Å². The zero-order chi connectivity index (χ0) is 16.5. The van der Waals surface area contributed by atoms with E-state index in [1.807, 2.05) is 19.2 Å². The maximum atomic E-state index is 5.78. The summed E-state index contributed by atoms with van der Waals surface area (Å²) in [5.41, 5.74) is 6.04. The van der Waals surface area contributed by atoms with Gasteiger partial charge in [-0.05, 0) is 37.5 Å². The molecule has 0 fully saturated rings. The number of ether oxygens (including phenoxy) is 1. The molecular weight excluding hydrogens is 282 g/mol. The summed E-state index contributed by atoms with van der Waals surface area (Å²) in [5, 5.41) is 0. The highest BCUT2D eigenvalue weighted by atomic mass is 16.5. The zero-order valence-electron chi connectivity index (χ0n) is 14.3. The predicted molar refractivity (Wildman–Crippen MR) is 98.7 cm³/mol. The van der Waals surface area contributed by atoms with Gasteiger partial charge in [-0.3, -0.25) is 4.99 Å². The van der Waals surface area contributed by atoms with Crippen LogP contribution in [0.3, 0.4) is 0 Å². The maximum absolute atomic E-state index is 5.78. The van der Waals surface area contributed by atoms with E-state index in [0.29, 0.717) is 13.2 Å². The van der Waals surface area contributed by atoms with Crippen molar-refractivity contribution < 1.29 is 4.74 Å². The highest BCUT2D eigenvalue weighted by Crippen LogP contribution is 2.19. The smallest absolute Gasteiger partial charge is 0.0717 e. The van der Waals surface area contributed by atoms with E-state index < -0.39 is 0 Å². The Bertz CT molecular complexity index is 650. The summed E-state index contributed by atoms with van der Waals surface area (Å²) in [5.74, 6) is 0. The van der Waals surface area contributed by atoms with Crippen LogP contribution < -0.4 is 0 Å². The van der Waals surface area contributed by atoms with E-state index in [1.54, 1.807) is 0 Å². The van der Waals surface area contributed by atoms with Crippen LogP contribution in [0, 0.1) is 0 Å². The minimum Gasteiger partial charge on any atom is -0.376 e. The third kappa shape index (κ3) is 5.50. The molecule has 120 valence electrons. The van der Waals surface area contributed by atoms with Crippen LogP contribution in [-0.2, 0) is 11.3 Å². The first-order chi connectivity index (χ1) is 11.2. The van der Waals surface area contributed by atoms with Gasteiger partial charge in [0.25, 0.3) is 0 Å². The van der Waals surface area contributed by atoms with Crippen LogP contribution in [0.4, 0.5) is 0 Å². The predicted octanol–water partition coefficient (Wildman–Crippen LogP) is 5.64. The van der Waals surface area contributed by atoms with Crippen LogP contribution in [0.2, 0.25) is 0 Å². The molecule has 0 saturated heterocycles.